The van der Waals surface area contributed by atoms with Crippen LogP contribution in [0.1, 0.15) is 38.4 Å². The average molecular weight is 467 g/mol. The molecule has 31 heavy (non-hydrogen) atoms. The Morgan fingerprint density at radius 2 is 1.97 bits per heavy atom. The van der Waals surface area contributed by atoms with E-state index in [1.54, 1.807) is 11.3 Å². The third-order valence-corrected chi connectivity index (χ3v) is 6.47. The highest BCUT2D eigenvalue weighted by Gasteiger charge is 2.42. The summed E-state index contributed by atoms with van der Waals surface area (Å²) in [6.45, 7) is 8.11. The number of benzene rings is 1. The van der Waals surface area contributed by atoms with Gasteiger partial charge in [0.25, 0.3) is 0 Å². The Bertz CT molecular complexity index is 910. The van der Waals surface area contributed by atoms with Crippen LogP contribution >= 0.6 is 23.7 Å². The van der Waals surface area contributed by atoms with Crippen molar-refractivity contribution in [2.45, 2.75) is 58.8 Å². The predicted octanol–water partition coefficient (Wildman–Crippen LogP) is 2.49. The predicted molar refractivity (Wildman–Crippen MR) is 125 cm³/mol. The van der Waals surface area contributed by atoms with E-state index in [-0.39, 0.29) is 37.2 Å². The molecule has 2 heterocycles. The van der Waals surface area contributed by atoms with E-state index in [0.29, 0.717) is 6.54 Å². The molecule has 3 rings (SSSR count). The first-order valence-corrected chi connectivity index (χ1v) is 11.0. The fraction of sp³-hybridized carbons (Fsp3) is 0.500. The van der Waals surface area contributed by atoms with Crippen molar-refractivity contribution < 1.29 is 14.7 Å². The summed E-state index contributed by atoms with van der Waals surface area (Å²) < 4.78 is 0. The average Bonchev–Trinajstić information content (AvgIpc) is 3.30. The maximum absolute atomic E-state index is 12.8. The lowest BCUT2D eigenvalue weighted by Crippen LogP contribution is -2.54. The van der Waals surface area contributed by atoms with Crippen molar-refractivity contribution >= 4 is 35.6 Å². The molecule has 1 aromatic carbocycles. The lowest BCUT2D eigenvalue weighted by Gasteiger charge is -2.32. The first-order chi connectivity index (χ1) is 14.1. The van der Waals surface area contributed by atoms with Gasteiger partial charge in [0.05, 0.1) is 28.2 Å². The van der Waals surface area contributed by atoms with Crippen LogP contribution in [0.5, 0.6) is 0 Å². The van der Waals surface area contributed by atoms with Gasteiger partial charge in [0, 0.05) is 19.5 Å². The van der Waals surface area contributed by atoms with Gasteiger partial charge in [-0.05, 0) is 23.5 Å². The number of thiazole rings is 1. The minimum Gasteiger partial charge on any atom is -0.391 e. The topological polar surface area (TPSA) is 109 Å². The number of aliphatic hydroxyl groups excluding tert-OH is 1. The first kappa shape index (κ1) is 25.3. The molecule has 4 N–H and O–H groups in total. The second-order valence-electron chi connectivity index (χ2n) is 8.92. The van der Waals surface area contributed by atoms with Gasteiger partial charge in [0.1, 0.15) is 6.04 Å². The summed E-state index contributed by atoms with van der Waals surface area (Å²) in [5.74, 6) is -0.577. The second kappa shape index (κ2) is 10.1. The number of hydrogen-bond acceptors (Lipinski definition) is 6. The van der Waals surface area contributed by atoms with Crippen LogP contribution in [0, 0.1) is 12.3 Å². The van der Waals surface area contributed by atoms with E-state index in [9.17, 15) is 14.7 Å². The van der Waals surface area contributed by atoms with Gasteiger partial charge in [-0.15, -0.1) is 23.7 Å². The minimum atomic E-state index is -0.735. The fourth-order valence-corrected chi connectivity index (χ4v) is 4.33. The van der Waals surface area contributed by atoms with E-state index in [4.69, 9.17) is 5.73 Å². The molecule has 3 atom stereocenters. The van der Waals surface area contributed by atoms with Gasteiger partial charge >= 0.3 is 0 Å². The molecule has 1 saturated heterocycles. The lowest BCUT2D eigenvalue weighted by molar-refractivity contribution is -0.141. The summed E-state index contributed by atoms with van der Waals surface area (Å²) >= 11 is 1.60. The van der Waals surface area contributed by atoms with Crippen molar-refractivity contribution in [3.05, 3.63) is 41.0 Å². The van der Waals surface area contributed by atoms with Crippen molar-refractivity contribution in [3.63, 3.8) is 0 Å². The molecule has 1 aromatic heterocycles. The van der Waals surface area contributed by atoms with E-state index in [1.165, 1.54) is 4.90 Å². The number of nitrogens with zero attached hydrogens (tertiary/aromatic N) is 2. The SMILES string of the molecule is Cc1ncsc1-c1ccc(CNC(=O)[C@@H]2C[C@@H](O)CN2C(=O)C(N)C(C)(C)C)cc1.Cl. The number of rotatable bonds is 5. The van der Waals surface area contributed by atoms with E-state index < -0.39 is 23.6 Å². The van der Waals surface area contributed by atoms with Crippen LogP contribution in [0.3, 0.4) is 0 Å². The number of amides is 2. The van der Waals surface area contributed by atoms with Crippen LogP contribution in [0.15, 0.2) is 29.8 Å². The highest BCUT2D eigenvalue weighted by Crippen LogP contribution is 2.27. The summed E-state index contributed by atoms with van der Waals surface area (Å²) in [5.41, 5.74) is 10.6. The maximum Gasteiger partial charge on any atom is 0.243 e. The van der Waals surface area contributed by atoms with Crippen LogP contribution in [-0.2, 0) is 16.1 Å². The van der Waals surface area contributed by atoms with Crippen molar-refractivity contribution in [2.24, 2.45) is 11.1 Å². The van der Waals surface area contributed by atoms with Gasteiger partial charge in [0.15, 0.2) is 0 Å². The molecule has 0 radical (unpaired) electrons. The maximum atomic E-state index is 12.8. The highest BCUT2D eigenvalue weighted by atomic mass is 35.5. The third kappa shape index (κ3) is 5.83. The number of halogens is 1. The van der Waals surface area contributed by atoms with Gasteiger partial charge in [0.2, 0.25) is 11.8 Å². The Labute approximate surface area is 193 Å². The zero-order chi connectivity index (χ0) is 22.1. The fourth-order valence-electron chi connectivity index (χ4n) is 3.51. The van der Waals surface area contributed by atoms with Gasteiger partial charge in [-0.2, -0.15) is 0 Å². The summed E-state index contributed by atoms with van der Waals surface area (Å²) in [5, 5.41) is 13.0. The zero-order valence-electron chi connectivity index (χ0n) is 18.3. The molecule has 1 unspecified atom stereocenters. The van der Waals surface area contributed by atoms with E-state index >= 15 is 0 Å². The molecular formula is C22H31ClN4O3S. The number of carbonyl (C=O) groups is 2. The van der Waals surface area contributed by atoms with Crippen LogP contribution in [-0.4, -0.2) is 51.5 Å². The summed E-state index contributed by atoms with van der Waals surface area (Å²) in [6.07, 6.45) is -0.503. The quantitative estimate of drug-likeness (QED) is 0.627. The van der Waals surface area contributed by atoms with E-state index in [0.717, 1.165) is 21.7 Å². The van der Waals surface area contributed by atoms with Crippen molar-refractivity contribution in [1.82, 2.24) is 15.2 Å². The van der Waals surface area contributed by atoms with Crippen LogP contribution in [0.2, 0.25) is 0 Å². The minimum absolute atomic E-state index is 0. The molecular weight excluding hydrogens is 436 g/mol. The Morgan fingerprint density at radius 1 is 1.32 bits per heavy atom. The van der Waals surface area contributed by atoms with Crippen LogP contribution in [0.4, 0.5) is 0 Å². The molecule has 7 nitrogen and oxygen atoms in total. The molecule has 0 bridgehead atoms. The molecule has 0 aliphatic carbocycles. The molecule has 9 heteroatoms. The zero-order valence-corrected chi connectivity index (χ0v) is 19.9. The highest BCUT2D eigenvalue weighted by molar-refractivity contribution is 7.13. The van der Waals surface area contributed by atoms with Gasteiger partial charge in [-0.25, -0.2) is 4.98 Å². The number of aromatic nitrogens is 1. The molecule has 0 saturated carbocycles. The normalized spacial score (nSPS) is 19.6. The van der Waals surface area contributed by atoms with Gasteiger partial charge in [-0.1, -0.05) is 45.0 Å². The van der Waals surface area contributed by atoms with Crippen LogP contribution < -0.4 is 11.1 Å². The molecule has 2 amide bonds. The number of carbonyl (C=O) groups excluding carboxylic acids is 2. The number of likely N-dealkylation sites (tertiary alicyclic amines) is 1. The summed E-state index contributed by atoms with van der Waals surface area (Å²) in [7, 11) is 0. The van der Waals surface area contributed by atoms with Crippen molar-refractivity contribution in [1.29, 1.82) is 0 Å². The molecule has 1 aliphatic heterocycles. The molecule has 1 aliphatic rings. The number of β-amino-alcohol motifs (C(OH)–C–C–N with tert-alkyl or cyclic N) is 1. The van der Waals surface area contributed by atoms with E-state index in [2.05, 4.69) is 10.3 Å². The van der Waals surface area contributed by atoms with Crippen LogP contribution in [0.25, 0.3) is 10.4 Å². The molecule has 0 spiro atoms. The van der Waals surface area contributed by atoms with Crippen molar-refractivity contribution in [2.75, 3.05) is 6.54 Å². The number of aliphatic hydroxyl groups is 1. The largest absolute Gasteiger partial charge is 0.391 e. The summed E-state index contributed by atoms with van der Waals surface area (Å²) in [6, 6.07) is 6.52. The molecule has 1 fully saturated rings. The smallest absolute Gasteiger partial charge is 0.243 e. The summed E-state index contributed by atoms with van der Waals surface area (Å²) in [4.78, 5) is 32.4. The first-order valence-electron chi connectivity index (χ1n) is 10.1. The Morgan fingerprint density at radius 3 is 2.52 bits per heavy atom. The molecule has 170 valence electrons. The second-order valence-corrected chi connectivity index (χ2v) is 9.78. The molecule has 2 aromatic rings. The van der Waals surface area contributed by atoms with E-state index in [1.807, 2.05) is 57.5 Å². The number of nitrogens with one attached hydrogen (secondary N) is 1. The Kier molecular flexibility index (Phi) is 8.21. The van der Waals surface area contributed by atoms with Crippen molar-refractivity contribution in [3.8, 4) is 10.4 Å². The van der Waals surface area contributed by atoms with Gasteiger partial charge in [-0.3, -0.25) is 9.59 Å². The number of hydrogen-bond donors (Lipinski definition) is 3. The Hall–Kier alpha value is -2.00. The number of aryl methyl sites for hydroxylation is 1. The Balaban J connectivity index is 0.00000341. The monoisotopic (exact) mass is 466 g/mol. The third-order valence-electron chi connectivity index (χ3n) is 5.49. The standard InChI is InChI=1S/C22H30N4O3S.ClH/c1-13-18(30-12-25-13)15-7-5-14(6-8-15)10-24-20(28)17-9-16(27)11-26(17)21(29)19(23)22(2,3)4;/h5-8,12,16-17,19,27H,9-11,23H2,1-4H3,(H,24,28);1H/t16-,17+,19?;/m1./s1. The number of nitrogens with two attached hydrogens (primary N) is 1. The van der Waals surface area contributed by atoms with Gasteiger partial charge < -0.3 is 21.1 Å². The lowest BCUT2D eigenvalue weighted by atomic mass is 9.86.